The van der Waals surface area contributed by atoms with Crippen LogP contribution in [0.2, 0.25) is 5.02 Å². The van der Waals surface area contributed by atoms with E-state index in [1.54, 1.807) is 24.9 Å². The van der Waals surface area contributed by atoms with Crippen LogP contribution in [0.1, 0.15) is 11.1 Å². The van der Waals surface area contributed by atoms with Gasteiger partial charge in [-0.2, -0.15) is 0 Å². The topological polar surface area (TPSA) is 41.5 Å². The van der Waals surface area contributed by atoms with Gasteiger partial charge < -0.3 is 15.2 Å². The molecule has 0 aliphatic carbocycles. The van der Waals surface area contributed by atoms with Crippen molar-refractivity contribution >= 4 is 29.1 Å². The molecule has 0 saturated heterocycles. The van der Waals surface area contributed by atoms with E-state index in [1.807, 2.05) is 30.5 Å². The summed E-state index contributed by atoms with van der Waals surface area (Å²) in [6.07, 6.45) is 2.02. The highest BCUT2D eigenvalue weighted by molar-refractivity contribution is 7.98. The number of thioether (sulfide) groups is 1. The number of aliphatic hydroxyl groups excluding tert-OH is 1. The summed E-state index contributed by atoms with van der Waals surface area (Å²) < 4.78 is 5.31. The number of aliphatic hydroxyl groups is 1. The fourth-order valence-electron chi connectivity index (χ4n) is 1.99. The van der Waals surface area contributed by atoms with E-state index in [-0.39, 0.29) is 6.61 Å². The number of ether oxygens (including phenoxy) is 1. The van der Waals surface area contributed by atoms with Gasteiger partial charge in [0.25, 0.3) is 0 Å². The molecule has 0 radical (unpaired) electrons. The van der Waals surface area contributed by atoms with E-state index >= 15 is 0 Å². The second-order valence-corrected chi connectivity index (χ2v) is 5.77. The molecule has 3 nitrogen and oxygen atoms in total. The third kappa shape index (κ3) is 4.06. The molecule has 2 N–H and O–H groups in total. The normalized spacial score (nSPS) is 10.5. The van der Waals surface area contributed by atoms with Crippen molar-refractivity contribution in [3.8, 4) is 5.75 Å². The highest BCUT2D eigenvalue weighted by atomic mass is 35.5. The standard InChI is InChI=1S/C16H18ClNO2S/c1-20-15-6-4-11(8-16(15)21-2)9-18-14-7-12(10-19)3-5-13(14)17/h3-8,18-19H,9-10H2,1-2H3. The van der Waals surface area contributed by atoms with E-state index in [0.717, 1.165) is 27.5 Å². The molecule has 112 valence electrons. The van der Waals surface area contributed by atoms with Gasteiger partial charge in [-0.3, -0.25) is 0 Å². The monoisotopic (exact) mass is 323 g/mol. The van der Waals surface area contributed by atoms with E-state index in [2.05, 4.69) is 11.4 Å². The molecule has 5 heteroatoms. The molecular weight excluding hydrogens is 306 g/mol. The lowest BCUT2D eigenvalue weighted by Gasteiger charge is -2.12. The van der Waals surface area contributed by atoms with Gasteiger partial charge >= 0.3 is 0 Å². The summed E-state index contributed by atoms with van der Waals surface area (Å²) in [5.41, 5.74) is 2.80. The Morgan fingerprint density at radius 3 is 2.62 bits per heavy atom. The molecule has 0 saturated carbocycles. The predicted molar refractivity (Wildman–Crippen MR) is 89.5 cm³/mol. The van der Waals surface area contributed by atoms with Crippen LogP contribution in [0.5, 0.6) is 5.75 Å². The Bertz CT molecular complexity index is 619. The Kier molecular flexibility index (Phi) is 5.79. The molecule has 0 heterocycles. The summed E-state index contributed by atoms with van der Waals surface area (Å²) in [7, 11) is 1.67. The number of nitrogens with one attached hydrogen (secondary N) is 1. The van der Waals surface area contributed by atoms with Crippen LogP contribution in [-0.4, -0.2) is 18.5 Å². The zero-order valence-corrected chi connectivity index (χ0v) is 13.6. The molecule has 0 amide bonds. The van der Waals surface area contributed by atoms with Crippen molar-refractivity contribution in [3.05, 3.63) is 52.5 Å². The second-order valence-electron chi connectivity index (χ2n) is 4.52. The average molecular weight is 324 g/mol. The summed E-state index contributed by atoms with van der Waals surface area (Å²) in [6, 6.07) is 11.6. The third-order valence-corrected chi connectivity index (χ3v) is 4.23. The molecule has 21 heavy (non-hydrogen) atoms. The van der Waals surface area contributed by atoms with Crippen LogP contribution >= 0.6 is 23.4 Å². The largest absolute Gasteiger partial charge is 0.496 e. The lowest BCUT2D eigenvalue weighted by atomic mass is 10.2. The van der Waals surface area contributed by atoms with Gasteiger partial charge in [0.15, 0.2) is 0 Å². The molecule has 0 aromatic heterocycles. The Labute approximate surface area is 134 Å². The zero-order chi connectivity index (χ0) is 15.2. The summed E-state index contributed by atoms with van der Waals surface area (Å²) in [5.74, 6) is 0.881. The van der Waals surface area contributed by atoms with Crippen LogP contribution in [-0.2, 0) is 13.2 Å². The molecule has 2 aromatic carbocycles. The molecule has 2 rings (SSSR count). The van der Waals surface area contributed by atoms with E-state index < -0.39 is 0 Å². The maximum Gasteiger partial charge on any atom is 0.132 e. The van der Waals surface area contributed by atoms with Gasteiger partial charge in [0.1, 0.15) is 5.75 Å². The Morgan fingerprint density at radius 1 is 1.19 bits per heavy atom. The average Bonchev–Trinajstić information content (AvgIpc) is 2.53. The number of benzene rings is 2. The smallest absolute Gasteiger partial charge is 0.132 e. The Hall–Kier alpha value is -1.36. The van der Waals surface area contributed by atoms with E-state index in [1.165, 1.54) is 0 Å². The Morgan fingerprint density at radius 2 is 1.95 bits per heavy atom. The summed E-state index contributed by atoms with van der Waals surface area (Å²) in [4.78, 5) is 1.10. The molecule has 0 bridgehead atoms. The maximum absolute atomic E-state index is 9.18. The van der Waals surface area contributed by atoms with Gasteiger partial charge in [-0.25, -0.2) is 0 Å². The lowest BCUT2D eigenvalue weighted by Crippen LogP contribution is -2.01. The number of hydrogen-bond acceptors (Lipinski definition) is 4. The number of rotatable bonds is 6. The molecule has 0 fully saturated rings. The first-order valence-electron chi connectivity index (χ1n) is 6.52. The van der Waals surface area contributed by atoms with Gasteiger partial charge in [0, 0.05) is 11.4 Å². The first-order valence-corrected chi connectivity index (χ1v) is 8.12. The van der Waals surface area contributed by atoms with Crippen molar-refractivity contribution in [1.29, 1.82) is 0 Å². The lowest BCUT2D eigenvalue weighted by molar-refractivity contribution is 0.282. The van der Waals surface area contributed by atoms with Gasteiger partial charge in [0.2, 0.25) is 0 Å². The summed E-state index contributed by atoms with van der Waals surface area (Å²) in [5, 5.41) is 13.1. The SMILES string of the molecule is COc1ccc(CNc2cc(CO)ccc2Cl)cc1SC. The number of methoxy groups -OCH3 is 1. The van der Waals surface area contributed by atoms with Crippen LogP contribution in [0.25, 0.3) is 0 Å². The van der Waals surface area contributed by atoms with Crippen molar-refractivity contribution in [3.63, 3.8) is 0 Å². The van der Waals surface area contributed by atoms with Gasteiger partial charge in [0.05, 0.1) is 24.4 Å². The predicted octanol–water partition coefficient (Wildman–Crippen LogP) is 4.17. The minimum Gasteiger partial charge on any atom is -0.496 e. The highest BCUT2D eigenvalue weighted by Crippen LogP contribution is 2.29. The summed E-state index contributed by atoms with van der Waals surface area (Å²) in [6.45, 7) is 0.664. The number of anilines is 1. The fourth-order valence-corrected chi connectivity index (χ4v) is 2.80. The fraction of sp³-hybridized carbons (Fsp3) is 0.250. The number of hydrogen-bond donors (Lipinski definition) is 2. The van der Waals surface area contributed by atoms with Crippen molar-refractivity contribution in [2.75, 3.05) is 18.7 Å². The molecule has 0 aliphatic rings. The Balaban J connectivity index is 2.13. The zero-order valence-electron chi connectivity index (χ0n) is 12.0. The van der Waals surface area contributed by atoms with E-state index in [9.17, 15) is 5.11 Å². The minimum absolute atomic E-state index is 0.00497. The van der Waals surface area contributed by atoms with Gasteiger partial charge in [-0.1, -0.05) is 23.7 Å². The van der Waals surface area contributed by atoms with Crippen LogP contribution in [0.15, 0.2) is 41.3 Å². The molecule has 0 aliphatic heterocycles. The second kappa shape index (κ2) is 7.59. The molecular formula is C16H18ClNO2S. The van der Waals surface area contributed by atoms with Gasteiger partial charge in [-0.15, -0.1) is 11.8 Å². The first kappa shape index (κ1) is 16.0. The van der Waals surface area contributed by atoms with Crippen molar-refractivity contribution in [2.24, 2.45) is 0 Å². The van der Waals surface area contributed by atoms with Gasteiger partial charge in [-0.05, 0) is 41.6 Å². The molecule has 0 spiro atoms. The highest BCUT2D eigenvalue weighted by Gasteiger charge is 2.05. The van der Waals surface area contributed by atoms with Crippen molar-refractivity contribution < 1.29 is 9.84 Å². The molecule has 2 aromatic rings. The summed E-state index contributed by atoms with van der Waals surface area (Å²) >= 11 is 7.81. The molecule has 0 unspecified atom stereocenters. The van der Waals surface area contributed by atoms with E-state index in [0.29, 0.717) is 11.6 Å². The third-order valence-electron chi connectivity index (χ3n) is 3.14. The van der Waals surface area contributed by atoms with Crippen LogP contribution in [0, 0.1) is 0 Å². The van der Waals surface area contributed by atoms with Crippen LogP contribution < -0.4 is 10.1 Å². The van der Waals surface area contributed by atoms with Crippen molar-refractivity contribution in [1.82, 2.24) is 0 Å². The molecule has 0 atom stereocenters. The quantitative estimate of drug-likeness (QED) is 0.783. The minimum atomic E-state index is 0.00497. The maximum atomic E-state index is 9.18. The van der Waals surface area contributed by atoms with E-state index in [4.69, 9.17) is 16.3 Å². The van der Waals surface area contributed by atoms with Crippen molar-refractivity contribution in [2.45, 2.75) is 18.0 Å². The first-order chi connectivity index (χ1) is 10.2. The van der Waals surface area contributed by atoms with Crippen LogP contribution in [0.3, 0.4) is 0 Å². The van der Waals surface area contributed by atoms with Crippen LogP contribution in [0.4, 0.5) is 5.69 Å². The number of halogens is 1.